The van der Waals surface area contributed by atoms with Crippen molar-refractivity contribution in [3.63, 3.8) is 0 Å². The Hall–Kier alpha value is -4.61. The molecule has 6 rings (SSSR count). The van der Waals surface area contributed by atoms with Crippen molar-refractivity contribution in [2.45, 2.75) is 120 Å². The molecular weight excluding hydrogens is 772 g/mol. The lowest BCUT2D eigenvalue weighted by atomic mass is 9.88. The van der Waals surface area contributed by atoms with Crippen LogP contribution in [0.15, 0.2) is 42.6 Å². The molecule has 1 saturated heterocycles. The summed E-state index contributed by atoms with van der Waals surface area (Å²) in [4.78, 5) is 61.8. The number of pyridine rings is 1. The van der Waals surface area contributed by atoms with E-state index in [4.69, 9.17) is 14.2 Å². The second-order valence-corrected chi connectivity index (χ2v) is 18.8. The predicted octanol–water partition coefficient (Wildman–Crippen LogP) is 4.91. The van der Waals surface area contributed by atoms with Gasteiger partial charge in [-0.15, -0.1) is 0 Å². The number of nitrogens with zero attached hydrogens (tertiary/aromatic N) is 2. The molecule has 57 heavy (non-hydrogen) atoms. The zero-order valence-electron chi connectivity index (χ0n) is 32.8. The van der Waals surface area contributed by atoms with Crippen LogP contribution in [0.5, 0.6) is 11.6 Å². The first kappa shape index (κ1) is 42.0. The summed E-state index contributed by atoms with van der Waals surface area (Å²) >= 11 is 0. The van der Waals surface area contributed by atoms with Crippen LogP contribution in [0.4, 0.5) is 18.0 Å². The van der Waals surface area contributed by atoms with Crippen molar-refractivity contribution < 1.29 is 55.0 Å². The van der Waals surface area contributed by atoms with Gasteiger partial charge in [0.2, 0.25) is 33.3 Å². The van der Waals surface area contributed by atoms with Crippen LogP contribution in [-0.4, -0.2) is 96.0 Å². The minimum atomic E-state index is -4.91. The monoisotopic (exact) mass is 821 g/mol. The minimum Gasteiger partial charge on any atom is -0.496 e. The molecule has 0 unspecified atom stereocenters. The Labute approximate surface area is 329 Å². The van der Waals surface area contributed by atoms with E-state index in [1.54, 1.807) is 37.3 Å². The highest BCUT2D eigenvalue weighted by atomic mass is 32.2. The smallest absolute Gasteiger partial charge is 0.427 e. The number of carbonyl (C=O) groups is 4. The van der Waals surface area contributed by atoms with Crippen LogP contribution < -0.4 is 24.8 Å². The molecule has 1 aromatic carbocycles. The summed E-state index contributed by atoms with van der Waals surface area (Å²) in [5.41, 5.74) is -4.52. The zero-order chi connectivity index (χ0) is 41.7. The molecule has 4 amide bonds. The average molecular weight is 822 g/mol. The van der Waals surface area contributed by atoms with Gasteiger partial charge in [-0.3, -0.25) is 19.1 Å². The maximum Gasteiger partial charge on any atom is 0.427 e. The highest BCUT2D eigenvalue weighted by Crippen LogP contribution is 2.48. The van der Waals surface area contributed by atoms with E-state index in [1.165, 1.54) is 25.1 Å². The van der Waals surface area contributed by atoms with Gasteiger partial charge in [-0.25, -0.2) is 18.2 Å². The molecule has 0 radical (unpaired) electrons. The Morgan fingerprint density at radius 2 is 1.79 bits per heavy atom. The van der Waals surface area contributed by atoms with Gasteiger partial charge in [-0.1, -0.05) is 32.1 Å². The summed E-state index contributed by atoms with van der Waals surface area (Å²) in [7, 11) is -2.56. The molecule has 2 aliphatic heterocycles. The summed E-state index contributed by atoms with van der Waals surface area (Å²) in [6.45, 7) is 6.33. The number of alkyl halides is 3. The predicted molar refractivity (Wildman–Crippen MR) is 201 cm³/mol. The van der Waals surface area contributed by atoms with Crippen LogP contribution in [0.25, 0.3) is 10.8 Å². The number of nitrogens with one attached hydrogen (secondary N) is 3. The Kier molecular flexibility index (Phi) is 11.3. The topological polar surface area (TPSA) is 182 Å². The summed E-state index contributed by atoms with van der Waals surface area (Å²) in [5, 5.41) is 6.45. The second kappa shape index (κ2) is 15.3. The van der Waals surface area contributed by atoms with E-state index < -0.39 is 85.9 Å². The largest absolute Gasteiger partial charge is 0.496 e. The Bertz CT molecular complexity index is 2060. The third-order valence-corrected chi connectivity index (χ3v) is 13.9. The number of amides is 4. The maximum atomic E-state index is 14.7. The molecule has 0 spiro atoms. The number of halogens is 3. The lowest BCUT2D eigenvalue weighted by molar-refractivity contribution is -0.244. The standard InChI is InChI=1S/C39H50F3N5O9S/c1-22-10-7-8-11-24-20-38(24,34(50)46-57(52,53)37(5)15-16-37)45-31(48)28-19-25(55-32-27-12-9-13-29(54-6)26(27)14-17-43-32)21-47(28)33(49)30(23(2)18-22)44-35(51)56-36(3,4)39(40,41)42/h8-9,11-14,17,22-25,28,30H,7,10,15-16,18-21H2,1-6H3,(H,44,51)(H,45,48)(H,46,50)/t22-,23+,24+,25+,28-,30-,38+/m0/s1. The average Bonchev–Trinajstić information content (AvgIpc) is 4.01. The number of allylic oxidation sites excluding steroid dienone is 1. The number of carbonyl (C=O) groups excluding carboxylic acids is 4. The Balaban J connectivity index is 1.36. The molecule has 18 heteroatoms. The molecule has 2 saturated carbocycles. The van der Waals surface area contributed by atoms with Crippen molar-refractivity contribution in [1.82, 2.24) is 25.2 Å². The minimum absolute atomic E-state index is 0.0363. The highest BCUT2D eigenvalue weighted by Gasteiger charge is 2.63. The number of fused-ring (bicyclic) bond motifs is 3. The van der Waals surface area contributed by atoms with E-state index in [-0.39, 0.29) is 31.2 Å². The number of rotatable bonds is 8. The summed E-state index contributed by atoms with van der Waals surface area (Å²) in [6.07, 6.45) is 0.185. The SMILES string of the molecule is COc1cccc2c(O[C@@H]3C[C@H]4C(=O)N[C@]5(C(=O)NS(=O)(=O)C6(C)CC6)C[C@H]5C=CCC[C@H](C)C[C@@H](C)[C@H](NC(=O)OC(C)(C)C(F)(F)F)C(=O)N4C3)nccc12. The first-order chi connectivity index (χ1) is 26.6. The second-order valence-electron chi connectivity index (χ2n) is 16.7. The maximum absolute atomic E-state index is 14.7. The molecule has 4 aliphatic rings. The molecule has 2 aliphatic carbocycles. The highest BCUT2D eigenvalue weighted by molar-refractivity contribution is 7.91. The molecule has 3 N–H and O–H groups in total. The van der Waals surface area contributed by atoms with Crippen molar-refractivity contribution in [2.24, 2.45) is 17.8 Å². The molecule has 3 heterocycles. The number of sulfonamides is 1. The van der Waals surface area contributed by atoms with Gasteiger partial charge in [0.1, 0.15) is 29.5 Å². The fraction of sp³-hybridized carbons (Fsp3) is 0.615. The van der Waals surface area contributed by atoms with Crippen LogP contribution in [0.1, 0.15) is 79.6 Å². The number of benzene rings is 1. The van der Waals surface area contributed by atoms with E-state index in [1.807, 2.05) is 13.0 Å². The van der Waals surface area contributed by atoms with E-state index in [0.717, 1.165) is 0 Å². The third kappa shape index (κ3) is 8.51. The molecule has 1 aromatic heterocycles. The van der Waals surface area contributed by atoms with Crippen LogP contribution >= 0.6 is 0 Å². The van der Waals surface area contributed by atoms with Crippen molar-refractivity contribution in [2.75, 3.05) is 13.7 Å². The zero-order valence-corrected chi connectivity index (χ0v) is 33.6. The Morgan fingerprint density at radius 1 is 1.07 bits per heavy atom. The van der Waals surface area contributed by atoms with Gasteiger partial charge in [0, 0.05) is 29.3 Å². The molecule has 0 bridgehead atoms. The quantitative estimate of drug-likeness (QED) is 0.310. The van der Waals surface area contributed by atoms with Crippen LogP contribution in [0, 0.1) is 17.8 Å². The van der Waals surface area contributed by atoms with Crippen molar-refractivity contribution in [3.8, 4) is 11.6 Å². The number of ether oxygens (including phenoxy) is 3. The third-order valence-electron chi connectivity index (χ3n) is 11.8. The normalized spacial score (nSPS) is 29.2. The molecule has 2 aromatic rings. The van der Waals surface area contributed by atoms with Gasteiger partial charge < -0.3 is 29.7 Å². The number of hydrogen-bond acceptors (Lipinski definition) is 10. The lowest BCUT2D eigenvalue weighted by Gasteiger charge is -2.34. The van der Waals surface area contributed by atoms with E-state index >= 15 is 0 Å². The van der Waals surface area contributed by atoms with Gasteiger partial charge in [0.25, 0.3) is 5.91 Å². The molecule has 312 valence electrons. The number of alkyl carbamates (subject to hydrolysis) is 1. The molecule has 3 fully saturated rings. The van der Waals surface area contributed by atoms with E-state index in [0.29, 0.717) is 62.5 Å². The number of hydrogen-bond donors (Lipinski definition) is 3. The van der Waals surface area contributed by atoms with Gasteiger partial charge in [0.15, 0.2) is 0 Å². The van der Waals surface area contributed by atoms with Crippen molar-refractivity contribution in [3.05, 3.63) is 42.6 Å². The first-order valence-electron chi connectivity index (χ1n) is 19.1. The van der Waals surface area contributed by atoms with Crippen LogP contribution in [0.3, 0.4) is 0 Å². The van der Waals surface area contributed by atoms with Crippen molar-refractivity contribution in [1.29, 1.82) is 0 Å². The summed E-state index contributed by atoms with van der Waals surface area (Å²) in [6, 6.07) is 4.26. The van der Waals surface area contributed by atoms with E-state index in [9.17, 15) is 40.8 Å². The number of methoxy groups -OCH3 is 1. The van der Waals surface area contributed by atoms with Gasteiger partial charge >= 0.3 is 12.3 Å². The fourth-order valence-electron chi connectivity index (χ4n) is 7.62. The van der Waals surface area contributed by atoms with Gasteiger partial charge in [-0.2, -0.15) is 13.2 Å². The molecule has 14 nitrogen and oxygen atoms in total. The van der Waals surface area contributed by atoms with Crippen LogP contribution in [0.2, 0.25) is 0 Å². The summed E-state index contributed by atoms with van der Waals surface area (Å²) in [5.74, 6) is -2.93. The van der Waals surface area contributed by atoms with Gasteiger partial charge in [0.05, 0.1) is 18.4 Å². The first-order valence-corrected chi connectivity index (χ1v) is 20.6. The Morgan fingerprint density at radius 3 is 2.46 bits per heavy atom. The molecule has 7 atom stereocenters. The summed E-state index contributed by atoms with van der Waals surface area (Å²) < 4.78 is 85.2. The molecular formula is C39H50F3N5O9S. The van der Waals surface area contributed by atoms with E-state index in [2.05, 4.69) is 20.3 Å². The number of aromatic nitrogens is 1. The van der Waals surface area contributed by atoms with Gasteiger partial charge in [-0.05, 0) is 89.3 Å². The lowest BCUT2D eigenvalue weighted by Crippen LogP contribution is -2.59. The van der Waals surface area contributed by atoms with Crippen molar-refractivity contribution >= 4 is 44.6 Å². The fourth-order valence-corrected chi connectivity index (χ4v) is 8.94. The van der Waals surface area contributed by atoms with Crippen LogP contribution in [-0.2, 0) is 29.1 Å².